The minimum Gasteiger partial charge on any atom is -0.376 e. The third-order valence-corrected chi connectivity index (χ3v) is 7.77. The molecule has 3 rings (SSSR count). The van der Waals surface area contributed by atoms with Crippen LogP contribution < -0.4 is 10.6 Å². The van der Waals surface area contributed by atoms with E-state index in [2.05, 4.69) is 51.7 Å². The van der Waals surface area contributed by atoms with Crippen molar-refractivity contribution in [2.24, 2.45) is 4.99 Å². The van der Waals surface area contributed by atoms with Crippen LogP contribution in [0, 0.1) is 0 Å². The molecule has 1 aromatic carbocycles. The first-order valence-electron chi connectivity index (χ1n) is 11.3. The summed E-state index contributed by atoms with van der Waals surface area (Å²) < 4.78 is 17.8. The van der Waals surface area contributed by atoms with E-state index in [-0.39, 0.29) is 0 Å². The fourth-order valence-electron chi connectivity index (χ4n) is 4.45. The summed E-state index contributed by atoms with van der Waals surface area (Å²) in [5.74, 6) is 1.58. The first-order valence-corrected chi connectivity index (χ1v) is 12.7. The fraction of sp³-hybridized carbons (Fsp3) is 0.696. The number of aliphatic imine (C=N–C) groups is 1. The van der Waals surface area contributed by atoms with Crippen LogP contribution in [-0.2, 0) is 28.6 Å². The van der Waals surface area contributed by atoms with Gasteiger partial charge >= 0.3 is 0 Å². The van der Waals surface area contributed by atoms with Crippen molar-refractivity contribution in [2.45, 2.75) is 70.0 Å². The topological polar surface area (TPSA) is 66.0 Å². The van der Waals surface area contributed by atoms with Crippen LogP contribution in [0.4, 0.5) is 0 Å². The van der Waals surface area contributed by atoms with E-state index in [1.807, 2.05) is 14.0 Å². The van der Waals surface area contributed by atoms with Gasteiger partial charge in [-0.2, -0.15) is 0 Å². The van der Waals surface area contributed by atoms with Gasteiger partial charge in [0.1, 0.15) is 0 Å². The molecule has 30 heavy (non-hydrogen) atoms. The average molecular weight is 435 g/mol. The van der Waals surface area contributed by atoms with Crippen molar-refractivity contribution in [3.8, 4) is 0 Å². The molecule has 1 saturated heterocycles. The van der Waals surface area contributed by atoms with Crippen LogP contribution in [0.1, 0.15) is 50.7 Å². The van der Waals surface area contributed by atoms with Crippen molar-refractivity contribution in [3.63, 3.8) is 0 Å². The Kier molecular flexibility index (Phi) is 9.15. The zero-order chi connectivity index (χ0) is 21.3. The number of nitrogens with zero attached hydrogens (tertiary/aromatic N) is 2. The number of guanidine groups is 1. The Morgan fingerprint density at radius 2 is 2.17 bits per heavy atom. The highest BCUT2D eigenvalue weighted by atomic mass is 32.2. The molecule has 7 heteroatoms. The Hall–Kier alpha value is -1.44. The quantitative estimate of drug-likeness (QED) is 0.510. The molecule has 1 heterocycles. The van der Waals surface area contributed by atoms with Crippen LogP contribution in [0.2, 0.25) is 0 Å². The maximum Gasteiger partial charge on any atom is 0.191 e. The molecular weight excluding hydrogens is 396 g/mol. The molecule has 4 unspecified atom stereocenters. The van der Waals surface area contributed by atoms with Crippen LogP contribution in [-0.4, -0.2) is 65.0 Å². The predicted octanol–water partition coefficient (Wildman–Crippen LogP) is 2.65. The van der Waals surface area contributed by atoms with E-state index in [0.717, 1.165) is 70.2 Å². The van der Waals surface area contributed by atoms with Crippen LogP contribution in [0.25, 0.3) is 0 Å². The Bertz CT molecular complexity index is 727. The number of morpholine rings is 1. The van der Waals surface area contributed by atoms with Crippen molar-refractivity contribution in [1.82, 2.24) is 15.5 Å². The molecule has 2 N–H and O–H groups in total. The normalized spacial score (nSPS) is 26.9. The maximum absolute atomic E-state index is 12.2. The van der Waals surface area contributed by atoms with Gasteiger partial charge in [0, 0.05) is 61.1 Å². The van der Waals surface area contributed by atoms with E-state index < -0.39 is 10.8 Å². The summed E-state index contributed by atoms with van der Waals surface area (Å²) in [6.45, 7) is 8.66. The van der Waals surface area contributed by atoms with Gasteiger partial charge in [-0.1, -0.05) is 37.6 Å². The molecule has 0 bridgehead atoms. The molecule has 1 saturated carbocycles. The largest absolute Gasteiger partial charge is 0.376 e. The van der Waals surface area contributed by atoms with E-state index in [1.165, 1.54) is 11.1 Å². The summed E-state index contributed by atoms with van der Waals surface area (Å²) in [4.78, 5) is 6.87. The van der Waals surface area contributed by atoms with Gasteiger partial charge in [-0.25, -0.2) is 0 Å². The summed E-state index contributed by atoms with van der Waals surface area (Å²) in [5, 5.41) is 7.33. The lowest BCUT2D eigenvalue weighted by Crippen LogP contribution is -2.46. The second-order valence-electron chi connectivity index (χ2n) is 8.46. The number of benzene rings is 1. The fourth-order valence-corrected chi connectivity index (χ4v) is 5.80. The number of hydrogen-bond donors (Lipinski definition) is 2. The predicted molar refractivity (Wildman–Crippen MR) is 125 cm³/mol. The standard InChI is InChI=1S/C23H38N4O2S/c1-4-30(28)22-10-6-9-21(14-22)26-23(24-3)25-15-19-7-5-8-20(13-19)17-27-11-12-29-18(2)16-27/h5,7-8,13,18,21-22H,4,6,9-12,14-17H2,1-3H3,(H2,24,25,26). The van der Waals surface area contributed by atoms with Crippen molar-refractivity contribution in [2.75, 3.05) is 32.5 Å². The Balaban J connectivity index is 1.49. The second-order valence-corrected chi connectivity index (χ2v) is 10.5. The zero-order valence-corrected chi connectivity index (χ0v) is 19.5. The van der Waals surface area contributed by atoms with Crippen molar-refractivity contribution < 1.29 is 8.95 Å². The summed E-state index contributed by atoms with van der Waals surface area (Å²) in [7, 11) is 1.11. The molecule has 2 fully saturated rings. The Morgan fingerprint density at radius 1 is 1.33 bits per heavy atom. The van der Waals surface area contributed by atoms with Crippen LogP contribution in [0.3, 0.4) is 0 Å². The number of ether oxygens (including phenoxy) is 1. The molecule has 0 spiro atoms. The third-order valence-electron chi connectivity index (χ3n) is 6.03. The van der Waals surface area contributed by atoms with Gasteiger partial charge in [0.15, 0.2) is 5.96 Å². The lowest BCUT2D eigenvalue weighted by molar-refractivity contribution is -0.0212. The minimum atomic E-state index is -0.705. The average Bonchev–Trinajstić information content (AvgIpc) is 2.76. The zero-order valence-electron chi connectivity index (χ0n) is 18.7. The van der Waals surface area contributed by atoms with E-state index in [4.69, 9.17) is 4.74 Å². The maximum atomic E-state index is 12.2. The SMILES string of the molecule is CCS(=O)C1CCCC(NC(=NC)NCc2cccc(CN3CCOC(C)C3)c2)C1. The van der Waals surface area contributed by atoms with E-state index >= 15 is 0 Å². The lowest BCUT2D eigenvalue weighted by Gasteiger charge is -2.31. The van der Waals surface area contributed by atoms with Crippen LogP contribution >= 0.6 is 0 Å². The molecule has 1 aliphatic heterocycles. The molecule has 2 aliphatic rings. The smallest absolute Gasteiger partial charge is 0.191 e. The van der Waals surface area contributed by atoms with Gasteiger partial charge in [-0.3, -0.25) is 14.1 Å². The highest BCUT2D eigenvalue weighted by Crippen LogP contribution is 2.23. The summed E-state index contributed by atoms with van der Waals surface area (Å²) in [5.41, 5.74) is 2.59. The van der Waals surface area contributed by atoms with E-state index in [9.17, 15) is 4.21 Å². The summed E-state index contributed by atoms with van der Waals surface area (Å²) >= 11 is 0. The summed E-state index contributed by atoms with van der Waals surface area (Å²) in [6.07, 6.45) is 4.61. The number of hydrogen-bond acceptors (Lipinski definition) is 4. The van der Waals surface area contributed by atoms with Gasteiger partial charge in [0.25, 0.3) is 0 Å². The van der Waals surface area contributed by atoms with Gasteiger partial charge in [-0.15, -0.1) is 0 Å². The molecule has 1 aromatic rings. The Labute approximate surface area is 184 Å². The number of rotatable bonds is 7. The molecular formula is C23H38N4O2S. The van der Waals surface area contributed by atoms with Gasteiger partial charge < -0.3 is 15.4 Å². The molecule has 4 atom stereocenters. The first-order chi connectivity index (χ1) is 14.6. The van der Waals surface area contributed by atoms with Gasteiger partial charge in [-0.05, 0) is 37.3 Å². The minimum absolute atomic E-state index is 0.312. The lowest BCUT2D eigenvalue weighted by atomic mass is 9.95. The van der Waals surface area contributed by atoms with Crippen molar-refractivity contribution in [1.29, 1.82) is 0 Å². The van der Waals surface area contributed by atoms with E-state index in [1.54, 1.807) is 0 Å². The van der Waals surface area contributed by atoms with Crippen LogP contribution in [0.5, 0.6) is 0 Å². The van der Waals surface area contributed by atoms with Crippen LogP contribution in [0.15, 0.2) is 29.3 Å². The number of nitrogens with one attached hydrogen (secondary N) is 2. The first kappa shape index (κ1) is 23.2. The molecule has 1 aliphatic carbocycles. The van der Waals surface area contributed by atoms with Gasteiger partial charge in [0.2, 0.25) is 0 Å². The van der Waals surface area contributed by atoms with E-state index in [0.29, 0.717) is 17.4 Å². The summed E-state index contributed by atoms with van der Waals surface area (Å²) in [6, 6.07) is 9.12. The van der Waals surface area contributed by atoms with Crippen molar-refractivity contribution in [3.05, 3.63) is 35.4 Å². The molecule has 0 aromatic heterocycles. The molecule has 6 nitrogen and oxygen atoms in total. The second kappa shape index (κ2) is 11.8. The van der Waals surface area contributed by atoms with Gasteiger partial charge in [0.05, 0.1) is 12.7 Å². The highest BCUT2D eigenvalue weighted by molar-refractivity contribution is 7.85. The third kappa shape index (κ3) is 7.06. The highest BCUT2D eigenvalue weighted by Gasteiger charge is 2.26. The monoisotopic (exact) mass is 434 g/mol. The Morgan fingerprint density at radius 3 is 2.93 bits per heavy atom. The van der Waals surface area contributed by atoms with Crippen molar-refractivity contribution >= 4 is 16.8 Å². The molecule has 0 amide bonds. The molecule has 168 valence electrons. The molecule has 0 radical (unpaired) electrons.